The number of esters is 1. The van der Waals surface area contributed by atoms with Gasteiger partial charge in [-0.05, 0) is 34.8 Å². The molecule has 1 amide bonds. The summed E-state index contributed by atoms with van der Waals surface area (Å²) in [7, 11) is 1.32. The number of rotatable bonds is 7. The third-order valence-electron chi connectivity index (χ3n) is 4.93. The van der Waals surface area contributed by atoms with Crippen molar-refractivity contribution < 1.29 is 14.3 Å². The second-order valence-electron chi connectivity index (χ2n) is 7.30. The highest BCUT2D eigenvalue weighted by atomic mass is 16.5. The van der Waals surface area contributed by atoms with Crippen molar-refractivity contribution in [3.63, 3.8) is 0 Å². The minimum absolute atomic E-state index is 0.340. The first-order valence-corrected chi connectivity index (χ1v) is 9.69. The number of fused-ring (bicyclic) bond motifs is 1. The van der Waals surface area contributed by atoms with Crippen molar-refractivity contribution in [3.05, 3.63) is 77.5 Å². The summed E-state index contributed by atoms with van der Waals surface area (Å²) in [5.74, 6) is -0.354. The molecule has 150 valence electrons. The summed E-state index contributed by atoms with van der Waals surface area (Å²) in [5, 5.41) is 3.78. The molecule has 3 rings (SSSR count). The van der Waals surface area contributed by atoms with Crippen molar-refractivity contribution >= 4 is 28.9 Å². The zero-order valence-electron chi connectivity index (χ0n) is 16.9. The van der Waals surface area contributed by atoms with Crippen LogP contribution in [-0.4, -0.2) is 30.0 Å². The summed E-state index contributed by atoms with van der Waals surface area (Å²) >= 11 is 0. The zero-order chi connectivity index (χ0) is 20.8. The van der Waals surface area contributed by atoms with Crippen LogP contribution in [0.5, 0.6) is 0 Å². The molecule has 0 aliphatic carbocycles. The monoisotopic (exact) mass is 390 g/mol. The summed E-state index contributed by atoms with van der Waals surface area (Å²) in [5.41, 5.74) is 4.11. The van der Waals surface area contributed by atoms with Crippen molar-refractivity contribution in [3.8, 4) is 0 Å². The summed E-state index contributed by atoms with van der Waals surface area (Å²) < 4.78 is 4.88. The van der Waals surface area contributed by atoms with Crippen molar-refractivity contribution in [2.75, 3.05) is 7.11 Å². The van der Waals surface area contributed by atoms with Gasteiger partial charge in [0.15, 0.2) is 0 Å². The normalized spacial score (nSPS) is 12.4. The molecule has 1 unspecified atom stereocenters. The number of para-hydroxylation sites is 1. The molecule has 3 aromatic rings. The Morgan fingerprint density at radius 1 is 1.10 bits per heavy atom. The molecule has 0 saturated heterocycles. The molecule has 0 aliphatic rings. The highest BCUT2D eigenvalue weighted by Crippen LogP contribution is 2.19. The number of carbonyl (C=O) groups is 2. The molecule has 2 N–H and O–H groups in total. The van der Waals surface area contributed by atoms with Gasteiger partial charge in [-0.25, -0.2) is 4.79 Å². The molecule has 5 heteroatoms. The number of methoxy groups -OCH3 is 1. The molecule has 2 aromatic carbocycles. The van der Waals surface area contributed by atoms with Crippen LogP contribution in [0.25, 0.3) is 17.0 Å². The van der Waals surface area contributed by atoms with E-state index in [1.165, 1.54) is 18.7 Å². The molecular formula is C24H26N2O3. The molecule has 0 spiro atoms. The molecular weight excluding hydrogens is 364 g/mol. The lowest BCUT2D eigenvalue weighted by molar-refractivity contribution is -0.144. The van der Waals surface area contributed by atoms with E-state index in [1.54, 1.807) is 6.08 Å². The van der Waals surface area contributed by atoms with Crippen LogP contribution in [0.2, 0.25) is 0 Å². The van der Waals surface area contributed by atoms with E-state index < -0.39 is 12.0 Å². The molecule has 5 nitrogen and oxygen atoms in total. The van der Waals surface area contributed by atoms with Gasteiger partial charge in [0.05, 0.1) is 7.11 Å². The van der Waals surface area contributed by atoms with E-state index in [2.05, 4.69) is 36.3 Å². The van der Waals surface area contributed by atoms with Crippen LogP contribution in [0.3, 0.4) is 0 Å². The molecule has 0 saturated carbocycles. The molecule has 1 aromatic heterocycles. The predicted octanol–water partition coefficient (Wildman–Crippen LogP) is 4.21. The first-order chi connectivity index (χ1) is 14.0. The van der Waals surface area contributed by atoms with Crippen LogP contribution in [0, 0.1) is 0 Å². The second-order valence-corrected chi connectivity index (χ2v) is 7.30. The van der Waals surface area contributed by atoms with Crippen LogP contribution in [-0.2, 0) is 20.7 Å². The molecule has 0 aliphatic heterocycles. The quantitative estimate of drug-likeness (QED) is 0.469. The fourth-order valence-corrected chi connectivity index (χ4v) is 3.24. The Kier molecular flexibility index (Phi) is 6.50. The minimum Gasteiger partial charge on any atom is -0.467 e. The maximum atomic E-state index is 12.4. The summed E-state index contributed by atoms with van der Waals surface area (Å²) in [6.07, 6.45) is 5.38. The van der Waals surface area contributed by atoms with Gasteiger partial charge in [0, 0.05) is 29.6 Å². The maximum Gasteiger partial charge on any atom is 0.328 e. The van der Waals surface area contributed by atoms with Gasteiger partial charge in [0.2, 0.25) is 5.91 Å². The number of aromatic amines is 1. The number of hydrogen-bond acceptors (Lipinski definition) is 3. The smallest absolute Gasteiger partial charge is 0.328 e. The second kappa shape index (κ2) is 9.24. The summed E-state index contributed by atoms with van der Waals surface area (Å²) in [4.78, 5) is 27.8. The van der Waals surface area contributed by atoms with Gasteiger partial charge in [0.1, 0.15) is 6.04 Å². The lowest BCUT2D eigenvalue weighted by Gasteiger charge is -2.15. The minimum atomic E-state index is -0.764. The van der Waals surface area contributed by atoms with Crippen LogP contribution in [0.15, 0.2) is 60.8 Å². The van der Waals surface area contributed by atoms with E-state index in [0.717, 1.165) is 22.0 Å². The average molecular weight is 390 g/mol. The van der Waals surface area contributed by atoms with E-state index in [0.29, 0.717) is 12.3 Å². The van der Waals surface area contributed by atoms with E-state index in [9.17, 15) is 9.59 Å². The van der Waals surface area contributed by atoms with E-state index in [-0.39, 0.29) is 5.91 Å². The van der Waals surface area contributed by atoms with E-state index >= 15 is 0 Å². The number of H-pyrrole nitrogens is 1. The van der Waals surface area contributed by atoms with Crippen LogP contribution in [0.4, 0.5) is 0 Å². The third-order valence-corrected chi connectivity index (χ3v) is 4.93. The molecule has 29 heavy (non-hydrogen) atoms. The van der Waals surface area contributed by atoms with Crippen molar-refractivity contribution in [2.24, 2.45) is 0 Å². The van der Waals surface area contributed by atoms with Crippen LogP contribution < -0.4 is 5.32 Å². The molecule has 0 fully saturated rings. The van der Waals surface area contributed by atoms with Crippen molar-refractivity contribution in [1.82, 2.24) is 10.3 Å². The molecule has 0 radical (unpaired) electrons. The fraction of sp³-hybridized carbons (Fsp3) is 0.250. The van der Waals surface area contributed by atoms with Gasteiger partial charge in [0.25, 0.3) is 0 Å². The maximum absolute atomic E-state index is 12.4. The van der Waals surface area contributed by atoms with Gasteiger partial charge in [-0.2, -0.15) is 0 Å². The number of nitrogens with one attached hydrogen (secondary N) is 2. The highest BCUT2D eigenvalue weighted by molar-refractivity contribution is 5.95. The average Bonchev–Trinajstić information content (AvgIpc) is 3.14. The highest BCUT2D eigenvalue weighted by Gasteiger charge is 2.22. The topological polar surface area (TPSA) is 71.2 Å². The first kappa shape index (κ1) is 20.4. The van der Waals surface area contributed by atoms with Gasteiger partial charge in [-0.1, -0.05) is 56.3 Å². The Morgan fingerprint density at radius 3 is 2.52 bits per heavy atom. The Balaban J connectivity index is 1.69. The van der Waals surface area contributed by atoms with Crippen LogP contribution >= 0.6 is 0 Å². The third kappa shape index (κ3) is 5.13. The first-order valence-electron chi connectivity index (χ1n) is 9.69. The Morgan fingerprint density at radius 2 is 1.83 bits per heavy atom. The fourth-order valence-electron chi connectivity index (χ4n) is 3.24. The molecule has 0 bridgehead atoms. The summed E-state index contributed by atoms with van der Waals surface area (Å²) in [6, 6.07) is 15.1. The SMILES string of the molecule is COC(=O)C(Cc1c[nH]c2ccccc12)NC(=O)/C=C/c1ccc(C(C)C)cc1. The predicted molar refractivity (Wildman–Crippen MR) is 116 cm³/mol. The number of carbonyl (C=O) groups excluding carboxylic acids is 2. The lowest BCUT2D eigenvalue weighted by atomic mass is 10.0. The van der Waals surface area contributed by atoms with Gasteiger partial charge >= 0.3 is 5.97 Å². The number of amides is 1. The zero-order valence-corrected chi connectivity index (χ0v) is 16.9. The van der Waals surface area contributed by atoms with E-state index in [1.807, 2.05) is 42.6 Å². The lowest BCUT2D eigenvalue weighted by Crippen LogP contribution is -2.42. The van der Waals surface area contributed by atoms with Crippen molar-refractivity contribution in [1.29, 1.82) is 0 Å². The van der Waals surface area contributed by atoms with Gasteiger partial charge in [-0.15, -0.1) is 0 Å². The summed E-state index contributed by atoms with van der Waals surface area (Å²) in [6.45, 7) is 4.28. The Hall–Kier alpha value is -3.34. The largest absolute Gasteiger partial charge is 0.467 e. The number of aromatic nitrogens is 1. The Bertz CT molecular complexity index is 1020. The molecule has 1 atom stereocenters. The van der Waals surface area contributed by atoms with Gasteiger partial charge < -0.3 is 15.0 Å². The number of ether oxygens (including phenoxy) is 1. The standard InChI is InChI=1S/C24H26N2O3/c1-16(2)18-11-8-17(9-12-18)10-13-23(27)26-22(24(28)29-3)14-19-15-25-21-7-5-4-6-20(19)21/h4-13,15-16,22,25H,14H2,1-3H3,(H,26,27)/b13-10+. The number of hydrogen-bond donors (Lipinski definition) is 2. The molecule has 1 heterocycles. The number of benzene rings is 2. The van der Waals surface area contributed by atoms with Gasteiger partial charge in [-0.3, -0.25) is 4.79 Å². The van der Waals surface area contributed by atoms with Crippen LogP contribution in [0.1, 0.15) is 36.5 Å². The van der Waals surface area contributed by atoms with E-state index in [4.69, 9.17) is 4.74 Å². The van der Waals surface area contributed by atoms with Crippen molar-refractivity contribution in [2.45, 2.75) is 32.2 Å². The Labute approximate surface area is 170 Å².